The second-order valence-electron chi connectivity index (χ2n) is 3.88. The van der Waals surface area contributed by atoms with Gasteiger partial charge in [-0.25, -0.2) is 0 Å². The lowest BCUT2D eigenvalue weighted by atomic mass is 10.0. The summed E-state index contributed by atoms with van der Waals surface area (Å²) < 4.78 is 1.14. The van der Waals surface area contributed by atoms with E-state index in [2.05, 4.69) is 27.6 Å². The maximum atomic E-state index is 11.7. The van der Waals surface area contributed by atoms with Gasteiger partial charge in [-0.2, -0.15) is 0 Å². The third-order valence-electron chi connectivity index (χ3n) is 2.48. The summed E-state index contributed by atoms with van der Waals surface area (Å²) in [5.41, 5.74) is 2.36. The number of pyridine rings is 1. The molecule has 90 valence electrons. The zero-order valence-corrected chi connectivity index (χ0v) is 12.1. The Bertz CT molecular complexity index is 590. The molecule has 3 heteroatoms. The molecule has 2 aromatic rings. The van der Waals surface area contributed by atoms with E-state index >= 15 is 0 Å². The topological polar surface area (TPSA) is 30.0 Å². The molecule has 1 aromatic carbocycles. The molecule has 0 saturated heterocycles. The minimum atomic E-state index is 0.0209. The summed E-state index contributed by atoms with van der Waals surface area (Å²) in [6, 6.07) is 13.6. The van der Waals surface area contributed by atoms with E-state index in [1.165, 1.54) is 0 Å². The molecule has 1 aromatic heterocycles. The molecule has 0 spiro atoms. The van der Waals surface area contributed by atoms with Gasteiger partial charge in [0, 0.05) is 15.3 Å². The van der Waals surface area contributed by atoms with Crippen LogP contribution in [-0.4, -0.2) is 10.8 Å². The minimum Gasteiger partial charge on any atom is -0.294 e. The zero-order chi connectivity index (χ0) is 13.0. The van der Waals surface area contributed by atoms with Gasteiger partial charge in [-0.05, 0) is 65.4 Å². The first-order valence-corrected chi connectivity index (χ1v) is 6.64. The fourth-order valence-corrected chi connectivity index (χ4v) is 2.21. The molecular formula is C15H12INO. The van der Waals surface area contributed by atoms with Crippen LogP contribution in [-0.2, 0) is 4.79 Å². The Morgan fingerprint density at radius 1 is 1.22 bits per heavy atom. The quantitative estimate of drug-likeness (QED) is 0.623. The number of carbonyl (C=O) groups is 1. The molecule has 0 bridgehead atoms. The molecule has 0 aliphatic rings. The fraction of sp³-hybridized carbons (Fsp3) is 0.0667. The molecular weight excluding hydrogens is 337 g/mol. The van der Waals surface area contributed by atoms with E-state index in [4.69, 9.17) is 0 Å². The number of Topliss-reactive ketones (excluding diaryl/α,β-unsaturated/α-hetero) is 1. The summed E-state index contributed by atoms with van der Waals surface area (Å²) in [5.74, 6) is 0.0209. The predicted molar refractivity (Wildman–Crippen MR) is 81.9 cm³/mol. The Morgan fingerprint density at radius 3 is 2.67 bits per heavy atom. The maximum Gasteiger partial charge on any atom is 0.161 e. The number of carbonyl (C=O) groups excluding carboxylic acids is 1. The Balaban J connectivity index is 2.46. The average molecular weight is 349 g/mol. The number of nitrogens with zero attached hydrogens (tertiary/aromatic N) is 1. The second kappa shape index (κ2) is 5.91. The molecule has 0 fully saturated rings. The molecule has 0 radical (unpaired) electrons. The number of ketones is 1. The van der Waals surface area contributed by atoms with E-state index in [1.807, 2.05) is 48.5 Å². The van der Waals surface area contributed by atoms with Gasteiger partial charge in [0.25, 0.3) is 0 Å². The average Bonchev–Trinajstić information content (AvgIpc) is 2.37. The van der Waals surface area contributed by atoms with Crippen molar-refractivity contribution in [1.29, 1.82) is 0 Å². The van der Waals surface area contributed by atoms with Crippen LogP contribution < -0.4 is 0 Å². The molecule has 0 atom stereocenters. The van der Waals surface area contributed by atoms with Gasteiger partial charge < -0.3 is 0 Å². The van der Waals surface area contributed by atoms with Crippen LogP contribution in [0.15, 0.2) is 48.7 Å². The zero-order valence-electron chi connectivity index (χ0n) is 9.93. The number of aromatic nitrogens is 1. The highest BCUT2D eigenvalue weighted by Crippen LogP contribution is 2.18. The standard InChI is InChI=1S/C15H12INO/c1-11(18)14(15-7-2-3-8-17-15)10-12-5-4-6-13(16)9-12/h2-10H,1H3/b14-10-. The van der Waals surface area contributed by atoms with E-state index < -0.39 is 0 Å². The summed E-state index contributed by atoms with van der Waals surface area (Å²) >= 11 is 2.25. The molecule has 18 heavy (non-hydrogen) atoms. The highest BCUT2D eigenvalue weighted by molar-refractivity contribution is 14.1. The van der Waals surface area contributed by atoms with Gasteiger partial charge in [0.1, 0.15) is 0 Å². The van der Waals surface area contributed by atoms with Crippen molar-refractivity contribution in [3.63, 3.8) is 0 Å². The number of allylic oxidation sites excluding steroid dienone is 1. The number of hydrogen-bond donors (Lipinski definition) is 0. The van der Waals surface area contributed by atoms with E-state index in [1.54, 1.807) is 13.1 Å². The lowest BCUT2D eigenvalue weighted by Crippen LogP contribution is -1.98. The minimum absolute atomic E-state index is 0.0209. The Labute approximate surface area is 120 Å². The Hall–Kier alpha value is -1.49. The maximum absolute atomic E-state index is 11.7. The number of hydrogen-bond acceptors (Lipinski definition) is 2. The van der Waals surface area contributed by atoms with Crippen molar-refractivity contribution < 1.29 is 4.79 Å². The van der Waals surface area contributed by atoms with Crippen molar-refractivity contribution in [2.45, 2.75) is 6.92 Å². The number of rotatable bonds is 3. The lowest BCUT2D eigenvalue weighted by Gasteiger charge is -2.03. The molecule has 0 aliphatic carbocycles. The molecule has 0 aliphatic heterocycles. The first-order chi connectivity index (χ1) is 8.66. The van der Waals surface area contributed by atoms with E-state index in [0.717, 1.165) is 9.13 Å². The van der Waals surface area contributed by atoms with Crippen LogP contribution in [0.2, 0.25) is 0 Å². The van der Waals surface area contributed by atoms with Gasteiger partial charge in [0.05, 0.1) is 5.69 Å². The van der Waals surface area contributed by atoms with Gasteiger partial charge in [0.2, 0.25) is 0 Å². The fourth-order valence-electron chi connectivity index (χ4n) is 1.64. The highest BCUT2D eigenvalue weighted by atomic mass is 127. The second-order valence-corrected chi connectivity index (χ2v) is 5.13. The molecule has 2 nitrogen and oxygen atoms in total. The molecule has 2 rings (SSSR count). The van der Waals surface area contributed by atoms with Crippen molar-refractivity contribution >= 4 is 40.0 Å². The van der Waals surface area contributed by atoms with Gasteiger partial charge in [-0.3, -0.25) is 9.78 Å². The van der Waals surface area contributed by atoms with Crippen LogP contribution in [0, 0.1) is 3.57 Å². The number of benzene rings is 1. The summed E-state index contributed by atoms with van der Waals surface area (Å²) in [4.78, 5) is 16.0. The van der Waals surface area contributed by atoms with Gasteiger partial charge in [-0.1, -0.05) is 18.2 Å². The SMILES string of the molecule is CC(=O)/C(=C/c1cccc(I)c1)c1ccccn1. The van der Waals surface area contributed by atoms with Gasteiger partial charge in [-0.15, -0.1) is 0 Å². The smallest absolute Gasteiger partial charge is 0.161 e. The van der Waals surface area contributed by atoms with Crippen LogP contribution in [0.25, 0.3) is 11.6 Å². The molecule has 0 saturated carbocycles. The Morgan fingerprint density at radius 2 is 2.06 bits per heavy atom. The molecule has 0 unspecified atom stereocenters. The summed E-state index contributed by atoms with van der Waals surface area (Å²) in [5, 5.41) is 0. The van der Waals surface area contributed by atoms with Crippen molar-refractivity contribution in [3.8, 4) is 0 Å². The Kier molecular flexibility index (Phi) is 4.25. The third kappa shape index (κ3) is 3.26. The largest absolute Gasteiger partial charge is 0.294 e. The van der Waals surface area contributed by atoms with E-state index in [-0.39, 0.29) is 5.78 Å². The summed E-state index contributed by atoms with van der Waals surface area (Å²) in [6.45, 7) is 1.56. The predicted octanol–water partition coefficient (Wildman–Crippen LogP) is 3.82. The van der Waals surface area contributed by atoms with Crippen molar-refractivity contribution in [2.75, 3.05) is 0 Å². The van der Waals surface area contributed by atoms with Crippen molar-refractivity contribution in [2.24, 2.45) is 0 Å². The first-order valence-electron chi connectivity index (χ1n) is 5.56. The molecule has 0 amide bonds. The highest BCUT2D eigenvalue weighted by Gasteiger charge is 2.08. The summed E-state index contributed by atoms with van der Waals surface area (Å²) in [7, 11) is 0. The first kappa shape index (κ1) is 13.0. The van der Waals surface area contributed by atoms with Crippen LogP contribution in [0.1, 0.15) is 18.2 Å². The molecule has 1 heterocycles. The monoisotopic (exact) mass is 349 g/mol. The van der Waals surface area contributed by atoms with Gasteiger partial charge in [0.15, 0.2) is 5.78 Å². The molecule has 0 N–H and O–H groups in total. The third-order valence-corrected chi connectivity index (χ3v) is 3.15. The van der Waals surface area contributed by atoms with E-state index in [0.29, 0.717) is 11.3 Å². The van der Waals surface area contributed by atoms with Crippen LogP contribution in [0.5, 0.6) is 0 Å². The van der Waals surface area contributed by atoms with E-state index in [9.17, 15) is 4.79 Å². The lowest BCUT2D eigenvalue weighted by molar-refractivity contribution is -0.111. The normalized spacial score (nSPS) is 11.3. The van der Waals surface area contributed by atoms with Gasteiger partial charge >= 0.3 is 0 Å². The van der Waals surface area contributed by atoms with Crippen LogP contribution >= 0.6 is 22.6 Å². The van der Waals surface area contributed by atoms with Crippen LogP contribution in [0.4, 0.5) is 0 Å². The summed E-state index contributed by atoms with van der Waals surface area (Å²) in [6.07, 6.45) is 3.58. The van der Waals surface area contributed by atoms with Crippen molar-refractivity contribution in [3.05, 3.63) is 63.5 Å². The van der Waals surface area contributed by atoms with Crippen molar-refractivity contribution in [1.82, 2.24) is 4.98 Å². The van der Waals surface area contributed by atoms with Crippen LogP contribution in [0.3, 0.4) is 0 Å². The number of halogens is 1.